The molecule has 1 aliphatic heterocycles. The fourth-order valence-electron chi connectivity index (χ4n) is 2.09. The monoisotopic (exact) mass is 263 g/mol. The van der Waals surface area contributed by atoms with Gasteiger partial charge < -0.3 is 21.5 Å². The SMILES string of the molecule is NC(=O)c1ccc(C(N)=O)c(NCC2CCCO2)c1. The molecular weight excluding hydrogens is 246 g/mol. The van der Waals surface area contributed by atoms with Crippen LogP contribution < -0.4 is 16.8 Å². The average molecular weight is 263 g/mol. The zero-order valence-corrected chi connectivity index (χ0v) is 10.5. The van der Waals surface area contributed by atoms with Gasteiger partial charge in [-0.3, -0.25) is 9.59 Å². The zero-order chi connectivity index (χ0) is 13.8. The lowest BCUT2D eigenvalue weighted by Gasteiger charge is -2.14. The van der Waals surface area contributed by atoms with Crippen LogP contribution in [-0.4, -0.2) is 31.1 Å². The van der Waals surface area contributed by atoms with E-state index in [4.69, 9.17) is 16.2 Å². The Hall–Kier alpha value is -2.08. The minimum Gasteiger partial charge on any atom is -0.382 e. The highest BCUT2D eigenvalue weighted by molar-refractivity contribution is 6.01. The van der Waals surface area contributed by atoms with Crippen molar-refractivity contribution in [1.82, 2.24) is 0 Å². The van der Waals surface area contributed by atoms with Crippen molar-refractivity contribution in [2.24, 2.45) is 11.5 Å². The molecule has 0 spiro atoms. The molecule has 5 N–H and O–H groups in total. The van der Waals surface area contributed by atoms with Crippen molar-refractivity contribution in [3.05, 3.63) is 29.3 Å². The quantitative estimate of drug-likeness (QED) is 0.717. The fraction of sp³-hybridized carbons (Fsp3) is 0.385. The van der Waals surface area contributed by atoms with Crippen LogP contribution in [0.3, 0.4) is 0 Å². The summed E-state index contributed by atoms with van der Waals surface area (Å²) in [5.41, 5.74) is 11.7. The van der Waals surface area contributed by atoms with Gasteiger partial charge in [-0.15, -0.1) is 0 Å². The van der Waals surface area contributed by atoms with Crippen LogP contribution in [0.5, 0.6) is 0 Å². The standard InChI is InChI=1S/C13H17N3O3/c14-12(17)8-3-4-10(13(15)18)11(6-8)16-7-9-2-1-5-19-9/h3-4,6,9,16H,1-2,5,7H2,(H2,14,17)(H2,15,18). The van der Waals surface area contributed by atoms with E-state index in [0.29, 0.717) is 23.4 Å². The molecule has 1 saturated heterocycles. The molecule has 1 aromatic rings. The van der Waals surface area contributed by atoms with Gasteiger partial charge in [-0.1, -0.05) is 0 Å². The third kappa shape index (κ3) is 3.23. The maximum atomic E-state index is 11.3. The highest BCUT2D eigenvalue weighted by Gasteiger charge is 2.17. The van der Waals surface area contributed by atoms with Crippen LogP contribution in [-0.2, 0) is 4.74 Å². The molecule has 1 aromatic carbocycles. The molecule has 0 aromatic heterocycles. The second-order valence-corrected chi connectivity index (χ2v) is 4.50. The van der Waals surface area contributed by atoms with Crippen LogP contribution in [0, 0.1) is 0 Å². The predicted octanol–water partition coefficient (Wildman–Crippen LogP) is 0.475. The second kappa shape index (κ2) is 5.71. The van der Waals surface area contributed by atoms with Gasteiger partial charge in [0.1, 0.15) is 0 Å². The lowest BCUT2D eigenvalue weighted by molar-refractivity contribution is 0.0988. The molecule has 6 nitrogen and oxygen atoms in total. The molecular formula is C13H17N3O3. The summed E-state index contributed by atoms with van der Waals surface area (Å²) in [4.78, 5) is 22.5. The molecule has 1 unspecified atom stereocenters. The first-order chi connectivity index (χ1) is 9.08. The lowest BCUT2D eigenvalue weighted by Crippen LogP contribution is -2.22. The number of hydrogen-bond donors (Lipinski definition) is 3. The van der Waals surface area contributed by atoms with E-state index in [1.807, 2.05) is 0 Å². The summed E-state index contributed by atoms with van der Waals surface area (Å²) in [5.74, 6) is -1.10. The van der Waals surface area contributed by atoms with Crippen molar-refractivity contribution >= 4 is 17.5 Å². The number of ether oxygens (including phenoxy) is 1. The summed E-state index contributed by atoms with van der Waals surface area (Å²) in [6.07, 6.45) is 2.14. The van der Waals surface area contributed by atoms with Gasteiger partial charge in [0.2, 0.25) is 5.91 Å². The zero-order valence-electron chi connectivity index (χ0n) is 10.5. The first-order valence-corrected chi connectivity index (χ1v) is 6.17. The molecule has 2 rings (SSSR count). The second-order valence-electron chi connectivity index (χ2n) is 4.50. The molecule has 0 saturated carbocycles. The molecule has 19 heavy (non-hydrogen) atoms. The van der Waals surface area contributed by atoms with Gasteiger partial charge in [-0.25, -0.2) is 0 Å². The molecule has 102 valence electrons. The van der Waals surface area contributed by atoms with Gasteiger partial charge in [0.25, 0.3) is 5.91 Å². The number of nitrogens with two attached hydrogens (primary N) is 2. The highest BCUT2D eigenvalue weighted by Crippen LogP contribution is 2.19. The van der Waals surface area contributed by atoms with Gasteiger partial charge in [0, 0.05) is 24.4 Å². The number of benzene rings is 1. The van der Waals surface area contributed by atoms with E-state index < -0.39 is 11.8 Å². The minimum atomic E-state index is -0.550. The minimum absolute atomic E-state index is 0.123. The maximum Gasteiger partial charge on any atom is 0.250 e. The Morgan fingerprint density at radius 3 is 2.68 bits per heavy atom. The number of carbonyl (C=O) groups is 2. The molecule has 0 bridgehead atoms. The first-order valence-electron chi connectivity index (χ1n) is 6.17. The van der Waals surface area contributed by atoms with E-state index in [1.54, 1.807) is 0 Å². The van der Waals surface area contributed by atoms with E-state index in [0.717, 1.165) is 19.4 Å². The molecule has 6 heteroatoms. The average Bonchev–Trinajstić information content (AvgIpc) is 2.88. The summed E-state index contributed by atoms with van der Waals surface area (Å²) in [6, 6.07) is 4.53. The predicted molar refractivity (Wildman–Crippen MR) is 70.9 cm³/mol. The third-order valence-corrected chi connectivity index (χ3v) is 3.11. The van der Waals surface area contributed by atoms with E-state index in [2.05, 4.69) is 5.32 Å². The Morgan fingerprint density at radius 2 is 2.11 bits per heavy atom. The van der Waals surface area contributed by atoms with E-state index >= 15 is 0 Å². The van der Waals surface area contributed by atoms with Gasteiger partial charge in [0.05, 0.1) is 11.7 Å². The van der Waals surface area contributed by atoms with Crippen molar-refractivity contribution in [3.8, 4) is 0 Å². The summed E-state index contributed by atoms with van der Waals surface area (Å²) in [7, 11) is 0. The summed E-state index contributed by atoms with van der Waals surface area (Å²) in [5, 5.41) is 3.10. The maximum absolute atomic E-state index is 11.3. The van der Waals surface area contributed by atoms with Gasteiger partial charge in [0.15, 0.2) is 0 Å². The molecule has 1 heterocycles. The Bertz CT molecular complexity index is 496. The van der Waals surface area contributed by atoms with Crippen molar-refractivity contribution < 1.29 is 14.3 Å². The van der Waals surface area contributed by atoms with Crippen LogP contribution in [0.1, 0.15) is 33.6 Å². The lowest BCUT2D eigenvalue weighted by atomic mass is 10.1. The number of nitrogens with one attached hydrogen (secondary N) is 1. The van der Waals surface area contributed by atoms with Crippen LogP contribution in [0.2, 0.25) is 0 Å². The molecule has 1 fully saturated rings. The number of rotatable bonds is 5. The highest BCUT2D eigenvalue weighted by atomic mass is 16.5. The van der Waals surface area contributed by atoms with E-state index in [-0.39, 0.29) is 6.10 Å². The van der Waals surface area contributed by atoms with Crippen molar-refractivity contribution in [1.29, 1.82) is 0 Å². The number of primary amides is 2. The Labute approximate surface area is 111 Å². The number of hydrogen-bond acceptors (Lipinski definition) is 4. The third-order valence-electron chi connectivity index (χ3n) is 3.11. The molecule has 0 aliphatic carbocycles. The number of amides is 2. The van der Waals surface area contributed by atoms with Gasteiger partial charge >= 0.3 is 0 Å². The summed E-state index contributed by atoms with van der Waals surface area (Å²) >= 11 is 0. The molecule has 0 radical (unpaired) electrons. The van der Waals surface area contributed by atoms with Crippen LogP contribution in [0.25, 0.3) is 0 Å². The van der Waals surface area contributed by atoms with Crippen molar-refractivity contribution in [3.63, 3.8) is 0 Å². The Balaban J connectivity index is 2.16. The van der Waals surface area contributed by atoms with E-state index in [9.17, 15) is 9.59 Å². The van der Waals surface area contributed by atoms with Gasteiger partial charge in [-0.2, -0.15) is 0 Å². The topological polar surface area (TPSA) is 107 Å². The fourth-order valence-corrected chi connectivity index (χ4v) is 2.09. The smallest absolute Gasteiger partial charge is 0.250 e. The first kappa shape index (κ1) is 13.4. The Morgan fingerprint density at radius 1 is 1.32 bits per heavy atom. The number of anilines is 1. The van der Waals surface area contributed by atoms with Crippen LogP contribution in [0.4, 0.5) is 5.69 Å². The van der Waals surface area contributed by atoms with Gasteiger partial charge in [-0.05, 0) is 31.0 Å². The summed E-state index contributed by atoms with van der Waals surface area (Å²) < 4.78 is 5.48. The Kier molecular flexibility index (Phi) is 4.01. The largest absolute Gasteiger partial charge is 0.382 e. The van der Waals surface area contributed by atoms with Crippen LogP contribution in [0.15, 0.2) is 18.2 Å². The number of carbonyl (C=O) groups excluding carboxylic acids is 2. The van der Waals surface area contributed by atoms with Crippen LogP contribution >= 0.6 is 0 Å². The molecule has 1 atom stereocenters. The van der Waals surface area contributed by atoms with Crippen molar-refractivity contribution in [2.45, 2.75) is 18.9 Å². The summed E-state index contributed by atoms with van der Waals surface area (Å²) in [6.45, 7) is 1.33. The normalized spacial score (nSPS) is 18.2. The van der Waals surface area contributed by atoms with Crippen molar-refractivity contribution in [2.75, 3.05) is 18.5 Å². The van der Waals surface area contributed by atoms with E-state index in [1.165, 1.54) is 18.2 Å². The molecule has 2 amide bonds. The molecule has 1 aliphatic rings.